The Hall–Kier alpha value is -1.39. The van der Waals surface area contributed by atoms with E-state index < -0.39 is 0 Å². The number of benzene rings is 1. The van der Waals surface area contributed by atoms with Gasteiger partial charge in [0.25, 0.3) is 0 Å². The first-order valence-corrected chi connectivity index (χ1v) is 8.45. The van der Waals surface area contributed by atoms with Crippen LogP contribution in [0, 0.1) is 6.92 Å². The Morgan fingerprint density at radius 3 is 2.38 bits per heavy atom. The molecule has 21 heavy (non-hydrogen) atoms. The van der Waals surface area contributed by atoms with Crippen molar-refractivity contribution < 1.29 is 0 Å². The molecule has 0 amide bonds. The first kappa shape index (κ1) is 16.0. The third-order valence-electron chi connectivity index (χ3n) is 3.69. The highest BCUT2D eigenvalue weighted by Gasteiger charge is 2.09. The van der Waals surface area contributed by atoms with E-state index in [4.69, 9.17) is 0 Å². The van der Waals surface area contributed by atoms with Crippen molar-refractivity contribution in [3.63, 3.8) is 0 Å². The highest BCUT2D eigenvalue weighted by Crippen LogP contribution is 2.20. The molecule has 1 atom stereocenters. The van der Waals surface area contributed by atoms with E-state index in [1.54, 1.807) is 11.3 Å². The summed E-state index contributed by atoms with van der Waals surface area (Å²) in [5, 5.41) is 4.70. The van der Waals surface area contributed by atoms with E-state index in [9.17, 15) is 0 Å². The standard InChI is InChI=1S/C17H25N3S/c1-5-20(6-2)16-9-7-15(8-10-16)12-18-14(4)17-19-11-13(3)21-17/h7-11,14,18H,5-6,12H2,1-4H3. The number of aryl methyl sites for hydroxylation is 1. The Bertz CT molecular complexity index is 543. The second-order valence-corrected chi connectivity index (χ2v) is 6.52. The van der Waals surface area contributed by atoms with Gasteiger partial charge in [0.1, 0.15) is 5.01 Å². The van der Waals surface area contributed by atoms with Crippen LogP contribution in [0.15, 0.2) is 30.5 Å². The minimum Gasteiger partial charge on any atom is -0.372 e. The van der Waals surface area contributed by atoms with Crippen molar-refractivity contribution in [1.29, 1.82) is 0 Å². The molecule has 3 nitrogen and oxygen atoms in total. The number of rotatable bonds is 7. The molecule has 1 aromatic carbocycles. The second-order valence-electron chi connectivity index (χ2n) is 5.25. The predicted octanol–water partition coefficient (Wildman–Crippen LogP) is 4.15. The lowest BCUT2D eigenvalue weighted by Gasteiger charge is -2.21. The van der Waals surface area contributed by atoms with Crippen molar-refractivity contribution in [3.8, 4) is 0 Å². The Labute approximate surface area is 132 Å². The molecule has 0 aliphatic heterocycles. The van der Waals surface area contributed by atoms with Gasteiger partial charge in [0.15, 0.2) is 0 Å². The summed E-state index contributed by atoms with van der Waals surface area (Å²) in [6, 6.07) is 9.14. The van der Waals surface area contributed by atoms with Crippen molar-refractivity contribution in [2.45, 2.75) is 40.3 Å². The number of anilines is 1. The molecule has 0 fully saturated rings. The summed E-state index contributed by atoms with van der Waals surface area (Å²) in [6.07, 6.45) is 1.94. The lowest BCUT2D eigenvalue weighted by Crippen LogP contribution is -2.22. The monoisotopic (exact) mass is 303 g/mol. The number of nitrogens with one attached hydrogen (secondary N) is 1. The molecule has 0 aliphatic carbocycles. The SMILES string of the molecule is CCN(CC)c1ccc(CNC(C)c2ncc(C)s2)cc1. The Morgan fingerprint density at radius 2 is 1.86 bits per heavy atom. The van der Waals surface area contributed by atoms with Gasteiger partial charge >= 0.3 is 0 Å². The van der Waals surface area contributed by atoms with Crippen LogP contribution in [0.2, 0.25) is 0 Å². The van der Waals surface area contributed by atoms with Crippen molar-refractivity contribution >= 4 is 17.0 Å². The zero-order valence-electron chi connectivity index (χ0n) is 13.4. The summed E-state index contributed by atoms with van der Waals surface area (Å²) in [5.41, 5.74) is 2.61. The zero-order valence-corrected chi connectivity index (χ0v) is 14.2. The van der Waals surface area contributed by atoms with Crippen LogP contribution in [-0.4, -0.2) is 18.1 Å². The number of hydrogen-bond donors (Lipinski definition) is 1. The van der Waals surface area contributed by atoms with E-state index in [-0.39, 0.29) is 0 Å². The van der Waals surface area contributed by atoms with Crippen molar-refractivity contribution in [1.82, 2.24) is 10.3 Å². The van der Waals surface area contributed by atoms with E-state index in [1.165, 1.54) is 16.1 Å². The van der Waals surface area contributed by atoms with Crippen LogP contribution < -0.4 is 10.2 Å². The van der Waals surface area contributed by atoms with Crippen LogP contribution in [0.3, 0.4) is 0 Å². The fourth-order valence-corrected chi connectivity index (χ4v) is 3.14. The van der Waals surface area contributed by atoms with E-state index in [0.717, 1.165) is 24.6 Å². The van der Waals surface area contributed by atoms with Crippen LogP contribution >= 0.6 is 11.3 Å². The van der Waals surface area contributed by atoms with Crippen molar-refractivity contribution in [2.75, 3.05) is 18.0 Å². The summed E-state index contributed by atoms with van der Waals surface area (Å²) in [7, 11) is 0. The van der Waals surface area contributed by atoms with Crippen LogP contribution in [-0.2, 0) is 6.54 Å². The van der Waals surface area contributed by atoms with Crippen LogP contribution in [0.1, 0.15) is 42.3 Å². The molecule has 0 saturated heterocycles. The van der Waals surface area contributed by atoms with E-state index in [0.29, 0.717) is 6.04 Å². The van der Waals surface area contributed by atoms with Gasteiger partial charge in [-0.2, -0.15) is 0 Å². The van der Waals surface area contributed by atoms with Crippen LogP contribution in [0.5, 0.6) is 0 Å². The molecule has 1 unspecified atom stereocenters. The molecule has 2 aromatic rings. The smallest absolute Gasteiger partial charge is 0.109 e. The first-order chi connectivity index (χ1) is 10.1. The maximum Gasteiger partial charge on any atom is 0.109 e. The maximum atomic E-state index is 4.44. The van der Waals surface area contributed by atoms with Gasteiger partial charge in [-0.1, -0.05) is 12.1 Å². The summed E-state index contributed by atoms with van der Waals surface area (Å²) in [5.74, 6) is 0. The fourth-order valence-electron chi connectivity index (χ4n) is 2.34. The maximum absolute atomic E-state index is 4.44. The normalized spacial score (nSPS) is 12.4. The molecule has 0 aliphatic rings. The number of nitrogens with zero attached hydrogens (tertiary/aromatic N) is 2. The minimum atomic E-state index is 0.297. The first-order valence-electron chi connectivity index (χ1n) is 7.63. The molecular formula is C17H25N3S. The van der Waals surface area contributed by atoms with E-state index >= 15 is 0 Å². The highest BCUT2D eigenvalue weighted by molar-refractivity contribution is 7.11. The van der Waals surface area contributed by atoms with Gasteiger partial charge in [0, 0.05) is 36.4 Å². The molecule has 0 bridgehead atoms. The van der Waals surface area contributed by atoms with Gasteiger partial charge in [-0.25, -0.2) is 4.98 Å². The topological polar surface area (TPSA) is 28.2 Å². The lowest BCUT2D eigenvalue weighted by molar-refractivity contribution is 0.572. The van der Waals surface area contributed by atoms with Gasteiger partial charge in [-0.3, -0.25) is 0 Å². The highest BCUT2D eigenvalue weighted by atomic mass is 32.1. The molecule has 0 saturated carbocycles. The molecule has 1 heterocycles. The molecule has 4 heteroatoms. The summed E-state index contributed by atoms with van der Waals surface area (Å²) < 4.78 is 0. The largest absolute Gasteiger partial charge is 0.372 e. The van der Waals surface area contributed by atoms with Gasteiger partial charge in [-0.05, 0) is 45.4 Å². The molecule has 0 spiro atoms. The number of thiazole rings is 1. The fraction of sp³-hybridized carbons (Fsp3) is 0.471. The van der Waals surface area contributed by atoms with Gasteiger partial charge in [-0.15, -0.1) is 11.3 Å². The predicted molar refractivity (Wildman–Crippen MR) is 92.1 cm³/mol. The third-order valence-corrected chi connectivity index (χ3v) is 4.78. The van der Waals surface area contributed by atoms with E-state index in [1.807, 2.05) is 6.20 Å². The Balaban J connectivity index is 1.91. The Morgan fingerprint density at radius 1 is 1.19 bits per heavy atom. The van der Waals surface area contributed by atoms with Crippen molar-refractivity contribution in [2.24, 2.45) is 0 Å². The molecule has 1 N–H and O–H groups in total. The number of hydrogen-bond acceptors (Lipinski definition) is 4. The van der Waals surface area contributed by atoms with Crippen molar-refractivity contribution in [3.05, 3.63) is 45.9 Å². The second kappa shape index (κ2) is 7.57. The average molecular weight is 303 g/mol. The molecule has 2 rings (SSSR count). The average Bonchev–Trinajstić information content (AvgIpc) is 2.94. The summed E-state index contributed by atoms with van der Waals surface area (Å²) >= 11 is 1.76. The van der Waals surface area contributed by atoms with Crippen LogP contribution in [0.4, 0.5) is 5.69 Å². The molecule has 1 aromatic heterocycles. The number of aromatic nitrogens is 1. The van der Waals surface area contributed by atoms with E-state index in [2.05, 4.69) is 67.2 Å². The zero-order chi connectivity index (χ0) is 15.2. The van der Waals surface area contributed by atoms with Gasteiger partial charge < -0.3 is 10.2 Å². The third kappa shape index (κ3) is 4.29. The molecule has 0 radical (unpaired) electrons. The quantitative estimate of drug-likeness (QED) is 0.833. The van der Waals surface area contributed by atoms with Gasteiger partial charge in [0.2, 0.25) is 0 Å². The Kier molecular flexibility index (Phi) is 5.76. The van der Waals surface area contributed by atoms with Gasteiger partial charge in [0.05, 0.1) is 6.04 Å². The lowest BCUT2D eigenvalue weighted by atomic mass is 10.2. The molecular weight excluding hydrogens is 278 g/mol. The molecule has 114 valence electrons. The summed E-state index contributed by atoms with van der Waals surface area (Å²) in [4.78, 5) is 8.06. The minimum absolute atomic E-state index is 0.297. The van der Waals surface area contributed by atoms with Crippen LogP contribution in [0.25, 0.3) is 0 Å². The summed E-state index contributed by atoms with van der Waals surface area (Å²) in [6.45, 7) is 11.6.